The minimum atomic E-state index is -0.135. The molecule has 3 rings (SSSR count). The Labute approximate surface area is 157 Å². The molecular weight excluding hydrogens is 350 g/mol. The molecule has 0 aliphatic heterocycles. The largest absolute Gasteiger partial charge is 0.492 e. The highest BCUT2D eigenvalue weighted by atomic mass is 32.2. The maximum absolute atomic E-state index is 12.3. The van der Waals surface area contributed by atoms with Crippen LogP contribution in [0.4, 0.5) is 5.69 Å². The summed E-state index contributed by atoms with van der Waals surface area (Å²) in [5, 5.41) is 11.9. The summed E-state index contributed by atoms with van der Waals surface area (Å²) >= 11 is 1.29. The lowest BCUT2D eigenvalue weighted by Gasteiger charge is -2.20. The molecule has 0 bridgehead atoms. The maximum atomic E-state index is 12.3. The summed E-state index contributed by atoms with van der Waals surface area (Å²) in [5.41, 5.74) is 0.664. The van der Waals surface area contributed by atoms with Crippen molar-refractivity contribution in [2.75, 3.05) is 23.5 Å². The summed E-state index contributed by atoms with van der Waals surface area (Å²) in [7, 11) is 0. The highest BCUT2D eigenvalue weighted by molar-refractivity contribution is 7.99. The molecule has 2 aromatic rings. The molecule has 0 unspecified atom stereocenters. The second-order valence-corrected chi connectivity index (χ2v) is 7.25. The first-order valence-electron chi connectivity index (χ1n) is 9.04. The number of hydrogen-bond donors (Lipinski definition) is 2. The number of aromatic nitrogens is 3. The number of nitrogens with zero attached hydrogens (tertiary/aromatic N) is 3. The van der Waals surface area contributed by atoms with Crippen LogP contribution in [0.15, 0.2) is 29.4 Å². The third-order valence-electron chi connectivity index (χ3n) is 4.45. The zero-order valence-corrected chi connectivity index (χ0v) is 15.8. The summed E-state index contributed by atoms with van der Waals surface area (Å²) in [6.07, 6.45) is 5.91. The van der Waals surface area contributed by atoms with Crippen LogP contribution >= 0.6 is 11.8 Å². The van der Waals surface area contributed by atoms with E-state index in [0.29, 0.717) is 29.1 Å². The van der Waals surface area contributed by atoms with E-state index in [4.69, 9.17) is 10.6 Å². The van der Waals surface area contributed by atoms with E-state index in [1.807, 2.05) is 31.2 Å². The van der Waals surface area contributed by atoms with Gasteiger partial charge in [0.1, 0.15) is 5.75 Å². The molecule has 7 nitrogen and oxygen atoms in total. The molecule has 1 heterocycles. The lowest BCUT2D eigenvalue weighted by Crippen LogP contribution is -2.20. The molecule has 1 aliphatic carbocycles. The maximum Gasteiger partial charge on any atom is 0.234 e. The molecule has 1 amide bonds. The SMILES string of the molecule is CCOc1ccccc1NC(=O)CSc1nnc(C2CCCCC2)n1N. The number of carbonyl (C=O) groups excluding carboxylic acids is 1. The van der Waals surface area contributed by atoms with Crippen molar-refractivity contribution in [3.8, 4) is 5.75 Å². The molecule has 0 radical (unpaired) electrons. The predicted molar refractivity (Wildman–Crippen MR) is 103 cm³/mol. The zero-order chi connectivity index (χ0) is 18.4. The number of nitrogens with one attached hydrogen (secondary N) is 1. The Bertz CT molecular complexity index is 743. The average molecular weight is 375 g/mol. The van der Waals surface area contributed by atoms with Gasteiger partial charge in [-0.2, -0.15) is 0 Å². The fourth-order valence-corrected chi connectivity index (χ4v) is 3.86. The molecule has 0 atom stereocenters. The van der Waals surface area contributed by atoms with Gasteiger partial charge in [0.15, 0.2) is 5.82 Å². The van der Waals surface area contributed by atoms with Crippen molar-refractivity contribution in [1.82, 2.24) is 14.9 Å². The van der Waals surface area contributed by atoms with Gasteiger partial charge in [0.05, 0.1) is 18.0 Å². The molecule has 0 saturated heterocycles. The number of nitrogens with two attached hydrogens (primary N) is 1. The van der Waals surface area contributed by atoms with E-state index < -0.39 is 0 Å². The summed E-state index contributed by atoms with van der Waals surface area (Å²) in [6, 6.07) is 7.39. The number of anilines is 1. The normalized spacial score (nSPS) is 15.0. The van der Waals surface area contributed by atoms with Gasteiger partial charge in [0.2, 0.25) is 11.1 Å². The molecular formula is C18H25N5O2S. The Morgan fingerprint density at radius 3 is 2.85 bits per heavy atom. The van der Waals surface area contributed by atoms with E-state index in [-0.39, 0.29) is 11.7 Å². The number of hydrogen-bond acceptors (Lipinski definition) is 6. The van der Waals surface area contributed by atoms with Crippen LogP contribution in [-0.4, -0.2) is 33.1 Å². The lowest BCUT2D eigenvalue weighted by molar-refractivity contribution is -0.113. The second-order valence-electron chi connectivity index (χ2n) is 6.31. The first-order valence-corrected chi connectivity index (χ1v) is 10.0. The molecule has 3 N–H and O–H groups in total. The first kappa shape index (κ1) is 18.6. The quantitative estimate of drug-likeness (QED) is 0.570. The second kappa shape index (κ2) is 8.93. The molecule has 0 spiro atoms. The van der Waals surface area contributed by atoms with Gasteiger partial charge in [-0.3, -0.25) is 4.79 Å². The van der Waals surface area contributed by atoms with E-state index in [1.54, 1.807) is 4.68 Å². The Hall–Kier alpha value is -2.22. The van der Waals surface area contributed by atoms with E-state index >= 15 is 0 Å². The molecule has 1 aliphatic rings. The molecule has 26 heavy (non-hydrogen) atoms. The van der Waals surface area contributed by atoms with Crippen molar-refractivity contribution in [2.24, 2.45) is 0 Å². The van der Waals surface area contributed by atoms with Crippen molar-refractivity contribution >= 4 is 23.4 Å². The van der Waals surface area contributed by atoms with Gasteiger partial charge in [0.25, 0.3) is 0 Å². The molecule has 1 aromatic heterocycles. The monoisotopic (exact) mass is 375 g/mol. The minimum absolute atomic E-state index is 0.135. The highest BCUT2D eigenvalue weighted by Gasteiger charge is 2.22. The number of rotatable bonds is 7. The Kier molecular flexibility index (Phi) is 6.38. The number of ether oxygens (including phenoxy) is 1. The van der Waals surface area contributed by atoms with E-state index in [1.165, 1.54) is 31.0 Å². The van der Waals surface area contributed by atoms with Crippen LogP contribution in [0.5, 0.6) is 5.75 Å². The molecule has 140 valence electrons. The summed E-state index contributed by atoms with van der Waals surface area (Å²) in [6.45, 7) is 2.45. The molecule has 8 heteroatoms. The van der Waals surface area contributed by atoms with Crippen LogP contribution in [0.25, 0.3) is 0 Å². The Balaban J connectivity index is 1.57. The summed E-state index contributed by atoms with van der Waals surface area (Å²) in [5.74, 6) is 8.10. The predicted octanol–water partition coefficient (Wildman–Crippen LogP) is 3.17. The molecule has 1 saturated carbocycles. The molecule has 1 aromatic carbocycles. The topological polar surface area (TPSA) is 95.1 Å². The number of amides is 1. The van der Waals surface area contributed by atoms with Crippen LogP contribution in [0, 0.1) is 0 Å². The van der Waals surface area contributed by atoms with Gasteiger partial charge in [-0.05, 0) is 31.9 Å². The fourth-order valence-electron chi connectivity index (χ4n) is 3.19. The fraction of sp³-hybridized carbons (Fsp3) is 0.500. The van der Waals surface area contributed by atoms with Crippen LogP contribution < -0.4 is 15.9 Å². The number of carbonyl (C=O) groups is 1. The third-order valence-corrected chi connectivity index (χ3v) is 5.40. The van der Waals surface area contributed by atoms with Crippen molar-refractivity contribution < 1.29 is 9.53 Å². The summed E-state index contributed by atoms with van der Waals surface area (Å²) < 4.78 is 7.07. The van der Waals surface area contributed by atoms with Crippen LogP contribution in [-0.2, 0) is 4.79 Å². The Morgan fingerprint density at radius 2 is 2.08 bits per heavy atom. The zero-order valence-electron chi connectivity index (χ0n) is 15.0. The van der Waals surface area contributed by atoms with E-state index in [0.717, 1.165) is 18.7 Å². The van der Waals surface area contributed by atoms with E-state index in [9.17, 15) is 4.79 Å². The van der Waals surface area contributed by atoms with Crippen molar-refractivity contribution in [3.63, 3.8) is 0 Å². The number of para-hydroxylation sites is 2. The van der Waals surface area contributed by atoms with Crippen LogP contribution in [0.3, 0.4) is 0 Å². The van der Waals surface area contributed by atoms with Gasteiger partial charge in [-0.15, -0.1) is 10.2 Å². The van der Waals surface area contributed by atoms with Gasteiger partial charge in [-0.1, -0.05) is 43.2 Å². The highest BCUT2D eigenvalue weighted by Crippen LogP contribution is 2.32. The van der Waals surface area contributed by atoms with Gasteiger partial charge in [0, 0.05) is 5.92 Å². The van der Waals surface area contributed by atoms with Gasteiger partial charge >= 0.3 is 0 Å². The third kappa shape index (κ3) is 4.49. The van der Waals surface area contributed by atoms with Crippen molar-refractivity contribution in [2.45, 2.75) is 50.1 Å². The smallest absolute Gasteiger partial charge is 0.234 e. The summed E-state index contributed by atoms with van der Waals surface area (Å²) in [4.78, 5) is 12.3. The number of thioether (sulfide) groups is 1. The number of benzene rings is 1. The van der Waals surface area contributed by atoms with Gasteiger partial charge in [-0.25, -0.2) is 4.68 Å². The van der Waals surface area contributed by atoms with Crippen molar-refractivity contribution in [3.05, 3.63) is 30.1 Å². The Morgan fingerprint density at radius 1 is 1.31 bits per heavy atom. The number of nitrogen functional groups attached to an aromatic ring is 1. The van der Waals surface area contributed by atoms with Gasteiger partial charge < -0.3 is 15.9 Å². The molecule has 1 fully saturated rings. The van der Waals surface area contributed by atoms with Crippen LogP contribution in [0.1, 0.15) is 50.8 Å². The van der Waals surface area contributed by atoms with Crippen molar-refractivity contribution in [1.29, 1.82) is 0 Å². The average Bonchev–Trinajstić information content (AvgIpc) is 3.03. The standard InChI is InChI=1S/C18H25N5O2S/c1-2-25-15-11-7-6-10-14(15)20-16(24)12-26-18-22-21-17(23(18)19)13-8-4-3-5-9-13/h6-7,10-11,13H,2-5,8-9,12,19H2,1H3,(H,20,24). The van der Waals surface area contributed by atoms with E-state index in [2.05, 4.69) is 15.5 Å². The minimum Gasteiger partial charge on any atom is -0.492 e. The lowest BCUT2D eigenvalue weighted by atomic mass is 9.89. The van der Waals surface area contributed by atoms with Crippen LogP contribution in [0.2, 0.25) is 0 Å². The first-order chi connectivity index (χ1) is 12.7.